The van der Waals surface area contributed by atoms with E-state index in [2.05, 4.69) is 20.8 Å². The van der Waals surface area contributed by atoms with Crippen molar-refractivity contribution < 1.29 is 18.8 Å². The summed E-state index contributed by atoms with van der Waals surface area (Å²) >= 11 is 0. The van der Waals surface area contributed by atoms with Gasteiger partial charge in [0.25, 0.3) is 5.91 Å². The number of nitrogens with zero attached hydrogens (tertiary/aromatic N) is 2. The lowest BCUT2D eigenvalue weighted by Gasteiger charge is -2.10. The Morgan fingerprint density at radius 3 is 2.54 bits per heavy atom. The Hall–Kier alpha value is -4.46. The van der Waals surface area contributed by atoms with Gasteiger partial charge >= 0.3 is 0 Å². The molecule has 0 aliphatic heterocycles. The van der Waals surface area contributed by atoms with E-state index in [0.29, 0.717) is 30.2 Å². The molecule has 0 unspecified atom stereocenters. The maximum absolute atomic E-state index is 12.4. The number of hydrogen-bond donors (Lipinski definition) is 2. The van der Waals surface area contributed by atoms with Crippen molar-refractivity contribution in [2.24, 2.45) is 0 Å². The number of hydrogen-bond acceptors (Lipinski definition) is 6. The van der Waals surface area contributed by atoms with Crippen molar-refractivity contribution in [1.82, 2.24) is 15.5 Å². The van der Waals surface area contributed by atoms with E-state index in [-0.39, 0.29) is 18.2 Å². The van der Waals surface area contributed by atoms with E-state index < -0.39 is 0 Å². The second-order valence-electron chi connectivity index (χ2n) is 8.09. The van der Waals surface area contributed by atoms with Gasteiger partial charge in [0.05, 0.1) is 23.2 Å². The van der Waals surface area contributed by atoms with Crippen LogP contribution in [0, 0.1) is 13.8 Å². The van der Waals surface area contributed by atoms with Crippen LogP contribution in [-0.2, 0) is 24.4 Å². The zero-order chi connectivity index (χ0) is 24.6. The average Bonchev–Trinajstić information content (AvgIpc) is 3.20. The van der Waals surface area contributed by atoms with Crippen LogP contribution >= 0.6 is 0 Å². The molecule has 0 atom stereocenters. The van der Waals surface area contributed by atoms with Crippen LogP contribution in [0.5, 0.6) is 5.75 Å². The Balaban J connectivity index is 1.25. The summed E-state index contributed by atoms with van der Waals surface area (Å²) in [6.07, 6.45) is 3.38. The van der Waals surface area contributed by atoms with Gasteiger partial charge in [-0.2, -0.15) is 0 Å². The SMILES string of the molecule is Cc1noc(C)c1COc1ccc(CC(=O)NCc2cccc(NC(=O)c3cccnc3)c2)cc1. The molecule has 2 heterocycles. The standard InChI is InChI=1S/C27H26N4O4/c1-18-25(19(2)35-31-18)17-34-24-10-8-20(9-11-24)14-26(32)29-15-21-5-3-7-23(13-21)30-27(33)22-6-4-12-28-16-22/h3-13,16H,14-15,17H2,1-2H3,(H,29,32)(H,30,33). The molecular weight excluding hydrogens is 444 g/mol. The largest absolute Gasteiger partial charge is 0.489 e. The molecule has 0 radical (unpaired) electrons. The molecule has 4 aromatic rings. The van der Waals surface area contributed by atoms with E-state index in [4.69, 9.17) is 9.26 Å². The second kappa shape index (κ2) is 11.1. The number of benzene rings is 2. The second-order valence-corrected chi connectivity index (χ2v) is 8.09. The number of carbonyl (C=O) groups excluding carboxylic acids is 2. The number of rotatable bonds is 9. The van der Waals surface area contributed by atoms with Gasteiger partial charge in [0.15, 0.2) is 0 Å². The molecule has 178 valence electrons. The normalized spacial score (nSPS) is 10.6. The summed E-state index contributed by atoms with van der Waals surface area (Å²) in [7, 11) is 0. The Kier molecular flexibility index (Phi) is 7.52. The lowest BCUT2D eigenvalue weighted by molar-refractivity contribution is -0.120. The van der Waals surface area contributed by atoms with Crippen LogP contribution in [0.2, 0.25) is 0 Å². The maximum Gasteiger partial charge on any atom is 0.257 e. The highest BCUT2D eigenvalue weighted by Gasteiger charge is 2.10. The average molecular weight is 471 g/mol. The van der Waals surface area contributed by atoms with E-state index in [0.717, 1.165) is 28.1 Å². The van der Waals surface area contributed by atoms with Crippen LogP contribution < -0.4 is 15.4 Å². The summed E-state index contributed by atoms with van der Waals surface area (Å²) in [5.74, 6) is 1.12. The fourth-order valence-electron chi connectivity index (χ4n) is 3.47. The van der Waals surface area contributed by atoms with Crippen LogP contribution in [0.3, 0.4) is 0 Å². The van der Waals surface area contributed by atoms with Gasteiger partial charge < -0.3 is 19.9 Å². The predicted molar refractivity (Wildman–Crippen MR) is 131 cm³/mol. The molecule has 4 rings (SSSR count). The molecule has 2 aromatic carbocycles. The Labute approximate surface area is 203 Å². The van der Waals surface area contributed by atoms with Crippen LogP contribution in [0.15, 0.2) is 77.6 Å². The topological polar surface area (TPSA) is 106 Å². The molecule has 0 spiro atoms. The quantitative estimate of drug-likeness (QED) is 0.376. The third-order valence-electron chi connectivity index (χ3n) is 5.45. The first-order valence-corrected chi connectivity index (χ1v) is 11.2. The Morgan fingerprint density at radius 2 is 1.83 bits per heavy atom. The molecule has 8 heteroatoms. The molecule has 0 aliphatic rings. The first-order chi connectivity index (χ1) is 17.0. The molecule has 0 bridgehead atoms. The number of amides is 2. The fourth-order valence-corrected chi connectivity index (χ4v) is 3.47. The third kappa shape index (κ3) is 6.54. The number of aryl methyl sites for hydroxylation is 2. The molecule has 0 aliphatic carbocycles. The number of ether oxygens (including phenoxy) is 1. The summed E-state index contributed by atoms with van der Waals surface area (Å²) in [4.78, 5) is 28.7. The van der Waals surface area contributed by atoms with Crippen molar-refractivity contribution in [3.63, 3.8) is 0 Å². The van der Waals surface area contributed by atoms with Gasteiger partial charge in [0.1, 0.15) is 18.1 Å². The first-order valence-electron chi connectivity index (χ1n) is 11.2. The number of pyridine rings is 1. The van der Waals surface area contributed by atoms with Crippen molar-refractivity contribution in [3.8, 4) is 5.75 Å². The summed E-state index contributed by atoms with van der Waals surface area (Å²) < 4.78 is 11.0. The van der Waals surface area contributed by atoms with Crippen LogP contribution in [0.4, 0.5) is 5.69 Å². The highest BCUT2D eigenvalue weighted by atomic mass is 16.5. The van der Waals surface area contributed by atoms with E-state index in [1.807, 2.05) is 56.3 Å². The van der Waals surface area contributed by atoms with Crippen molar-refractivity contribution in [1.29, 1.82) is 0 Å². The maximum atomic E-state index is 12.4. The highest BCUT2D eigenvalue weighted by molar-refractivity contribution is 6.04. The molecule has 0 saturated carbocycles. The van der Waals surface area contributed by atoms with Crippen molar-refractivity contribution >= 4 is 17.5 Å². The minimum Gasteiger partial charge on any atom is -0.489 e. The van der Waals surface area contributed by atoms with E-state index in [9.17, 15) is 9.59 Å². The van der Waals surface area contributed by atoms with Gasteiger partial charge in [0.2, 0.25) is 5.91 Å². The van der Waals surface area contributed by atoms with E-state index >= 15 is 0 Å². The molecular formula is C27H26N4O4. The molecule has 0 fully saturated rings. The fraction of sp³-hybridized carbons (Fsp3) is 0.185. The van der Waals surface area contributed by atoms with Gasteiger partial charge in [-0.1, -0.05) is 29.4 Å². The lowest BCUT2D eigenvalue weighted by atomic mass is 10.1. The molecule has 35 heavy (non-hydrogen) atoms. The third-order valence-corrected chi connectivity index (χ3v) is 5.45. The molecule has 0 saturated heterocycles. The summed E-state index contributed by atoms with van der Waals surface area (Å²) in [6.45, 7) is 4.47. The lowest BCUT2D eigenvalue weighted by Crippen LogP contribution is -2.24. The van der Waals surface area contributed by atoms with Gasteiger partial charge in [-0.3, -0.25) is 14.6 Å². The number of carbonyl (C=O) groups is 2. The smallest absolute Gasteiger partial charge is 0.257 e. The minimum absolute atomic E-state index is 0.0980. The summed E-state index contributed by atoms with van der Waals surface area (Å²) in [5, 5.41) is 9.69. The molecule has 2 amide bonds. The monoisotopic (exact) mass is 470 g/mol. The van der Waals surface area contributed by atoms with Crippen molar-refractivity contribution in [2.45, 2.75) is 33.4 Å². The molecule has 2 N–H and O–H groups in total. The summed E-state index contributed by atoms with van der Waals surface area (Å²) in [6, 6.07) is 18.2. The van der Waals surface area contributed by atoms with Gasteiger partial charge in [-0.15, -0.1) is 0 Å². The first kappa shape index (κ1) is 23.7. The molecule has 2 aromatic heterocycles. The Bertz CT molecular complexity index is 1280. The zero-order valence-corrected chi connectivity index (χ0v) is 19.6. The van der Waals surface area contributed by atoms with Gasteiger partial charge in [0, 0.05) is 24.6 Å². The van der Waals surface area contributed by atoms with Crippen molar-refractivity contribution in [2.75, 3.05) is 5.32 Å². The van der Waals surface area contributed by atoms with E-state index in [1.54, 1.807) is 24.4 Å². The van der Waals surface area contributed by atoms with Gasteiger partial charge in [-0.25, -0.2) is 0 Å². The van der Waals surface area contributed by atoms with Crippen molar-refractivity contribution in [3.05, 3.63) is 107 Å². The van der Waals surface area contributed by atoms with Gasteiger partial charge in [-0.05, 0) is 61.4 Å². The van der Waals surface area contributed by atoms with E-state index in [1.165, 1.54) is 6.20 Å². The zero-order valence-electron chi connectivity index (χ0n) is 19.6. The Morgan fingerprint density at radius 1 is 1.00 bits per heavy atom. The molecule has 8 nitrogen and oxygen atoms in total. The predicted octanol–water partition coefficient (Wildman–Crippen LogP) is 4.38. The van der Waals surface area contributed by atoms with Crippen LogP contribution in [0.1, 0.15) is 38.5 Å². The number of anilines is 1. The number of aromatic nitrogens is 2. The van der Waals surface area contributed by atoms with Crippen LogP contribution in [-0.4, -0.2) is 22.0 Å². The highest BCUT2D eigenvalue weighted by Crippen LogP contribution is 2.18. The summed E-state index contributed by atoms with van der Waals surface area (Å²) in [5.41, 5.74) is 4.64. The minimum atomic E-state index is -0.238. The number of nitrogens with one attached hydrogen (secondary N) is 2. The van der Waals surface area contributed by atoms with Crippen LogP contribution in [0.25, 0.3) is 0 Å².